The van der Waals surface area contributed by atoms with Crippen molar-refractivity contribution >= 4 is 48.2 Å². The summed E-state index contributed by atoms with van der Waals surface area (Å²) in [7, 11) is 0. The molecule has 4 rings (SSSR count). The van der Waals surface area contributed by atoms with Crippen molar-refractivity contribution in [2.45, 2.75) is 82.2 Å². The molecule has 1 aliphatic carbocycles. The van der Waals surface area contributed by atoms with E-state index in [0.717, 1.165) is 25.7 Å². The van der Waals surface area contributed by atoms with Crippen molar-refractivity contribution in [3.05, 3.63) is 34.9 Å². The van der Waals surface area contributed by atoms with Gasteiger partial charge in [0.1, 0.15) is 12.0 Å². The standard InChI is InChI=1S/C20H30N3O4PS2.H2S/c1-5-14-15(11-18(25-14)23-9-7-17(21)22-19(23)24)26-28(29)27-16-10-13(12(2)3)6-8-20(16,4)30-28;/h7,9,13-16,18H,2,5-6,8,10-11H2,1,3-4H3,(H2,21,22,24);1H2/t13-,14-,15+,16+,18-,20+,28+;/m1./s1. The zero-order chi connectivity index (χ0) is 21.7. The van der Waals surface area contributed by atoms with Crippen LogP contribution in [0.3, 0.4) is 0 Å². The molecular formula is C20H32N3O4PS3. The Morgan fingerprint density at radius 2 is 2.29 bits per heavy atom. The Morgan fingerprint density at radius 1 is 1.55 bits per heavy atom. The minimum atomic E-state index is -2.52. The van der Waals surface area contributed by atoms with Crippen LogP contribution in [0.25, 0.3) is 0 Å². The van der Waals surface area contributed by atoms with Gasteiger partial charge in [-0.3, -0.25) is 4.57 Å². The molecule has 0 amide bonds. The number of rotatable bonds is 5. The van der Waals surface area contributed by atoms with Gasteiger partial charge >= 0.3 is 5.69 Å². The third-order valence-corrected chi connectivity index (χ3v) is 12.2. The lowest BCUT2D eigenvalue weighted by Gasteiger charge is -2.37. The molecule has 11 heteroatoms. The Labute approximate surface area is 199 Å². The van der Waals surface area contributed by atoms with E-state index >= 15 is 0 Å². The maximum absolute atomic E-state index is 12.2. The van der Waals surface area contributed by atoms with Crippen molar-refractivity contribution in [3.8, 4) is 0 Å². The lowest BCUT2D eigenvalue weighted by molar-refractivity contribution is -0.0186. The summed E-state index contributed by atoms with van der Waals surface area (Å²) in [4.78, 5) is 16.0. The molecule has 174 valence electrons. The molecule has 0 unspecified atom stereocenters. The molecule has 1 saturated carbocycles. The molecule has 7 nitrogen and oxygen atoms in total. The molecule has 3 fully saturated rings. The van der Waals surface area contributed by atoms with Gasteiger partial charge in [-0.2, -0.15) is 18.5 Å². The number of allylic oxidation sites excluding steroid dienone is 1. The number of ether oxygens (including phenoxy) is 1. The summed E-state index contributed by atoms with van der Waals surface area (Å²) in [6.07, 6.45) is 5.31. The average molecular weight is 506 g/mol. The highest BCUT2D eigenvalue weighted by Crippen LogP contribution is 2.76. The Balaban J connectivity index is 0.00000272. The summed E-state index contributed by atoms with van der Waals surface area (Å²) in [6, 6.07) is 1.60. The zero-order valence-electron chi connectivity index (χ0n) is 18.2. The quantitative estimate of drug-likeness (QED) is 0.462. The predicted molar refractivity (Wildman–Crippen MR) is 134 cm³/mol. The van der Waals surface area contributed by atoms with E-state index in [1.54, 1.807) is 23.6 Å². The predicted octanol–water partition coefficient (Wildman–Crippen LogP) is 4.51. The number of fused-ring (bicyclic) bond motifs is 1. The van der Waals surface area contributed by atoms with Crippen LogP contribution < -0.4 is 11.4 Å². The smallest absolute Gasteiger partial charge is 0.351 e. The molecule has 0 spiro atoms. The van der Waals surface area contributed by atoms with Gasteiger partial charge in [0.05, 0.1) is 18.3 Å². The fourth-order valence-corrected chi connectivity index (χ4v) is 12.2. The van der Waals surface area contributed by atoms with E-state index in [1.165, 1.54) is 10.1 Å². The molecule has 0 radical (unpaired) electrons. The van der Waals surface area contributed by atoms with Crippen LogP contribution in [0.2, 0.25) is 0 Å². The number of anilines is 1. The highest BCUT2D eigenvalue weighted by Gasteiger charge is 2.54. The van der Waals surface area contributed by atoms with Gasteiger partial charge in [0, 0.05) is 17.4 Å². The van der Waals surface area contributed by atoms with E-state index in [-0.39, 0.29) is 42.4 Å². The van der Waals surface area contributed by atoms with E-state index < -0.39 is 17.6 Å². The van der Waals surface area contributed by atoms with Crippen molar-refractivity contribution in [1.82, 2.24) is 9.55 Å². The average Bonchev–Trinajstić information content (AvgIpc) is 3.17. The first-order chi connectivity index (χ1) is 14.1. The van der Waals surface area contributed by atoms with Gasteiger partial charge in [0.2, 0.25) is 5.69 Å². The van der Waals surface area contributed by atoms with Gasteiger partial charge in [-0.05, 0) is 63.3 Å². The van der Waals surface area contributed by atoms with Crippen LogP contribution in [0, 0.1) is 5.92 Å². The van der Waals surface area contributed by atoms with Gasteiger partial charge < -0.3 is 19.5 Å². The molecule has 2 N–H and O–H groups in total. The van der Waals surface area contributed by atoms with Crippen LogP contribution in [0.15, 0.2) is 29.2 Å². The summed E-state index contributed by atoms with van der Waals surface area (Å²) in [5.41, 5.74) is 3.88. The van der Waals surface area contributed by atoms with E-state index in [9.17, 15) is 4.79 Å². The number of hydrogen-bond acceptors (Lipinski definition) is 8. The van der Waals surface area contributed by atoms with E-state index in [4.69, 9.17) is 31.3 Å². The first kappa shape index (κ1) is 25.3. The minimum absolute atomic E-state index is 0. The number of hydrogen-bond donors (Lipinski definition) is 1. The molecule has 3 aliphatic rings. The Kier molecular flexibility index (Phi) is 7.74. The van der Waals surface area contributed by atoms with E-state index in [0.29, 0.717) is 12.3 Å². The van der Waals surface area contributed by atoms with Crippen LogP contribution in [-0.2, 0) is 25.6 Å². The molecule has 2 aliphatic heterocycles. The molecule has 31 heavy (non-hydrogen) atoms. The van der Waals surface area contributed by atoms with Crippen molar-refractivity contribution < 1.29 is 13.8 Å². The summed E-state index contributed by atoms with van der Waals surface area (Å²) >= 11 is 7.66. The Morgan fingerprint density at radius 3 is 2.94 bits per heavy atom. The zero-order valence-corrected chi connectivity index (χ0v) is 21.7. The molecular weight excluding hydrogens is 473 g/mol. The second-order valence-corrected chi connectivity index (χ2v) is 15.3. The van der Waals surface area contributed by atoms with Crippen LogP contribution >= 0.6 is 30.6 Å². The van der Waals surface area contributed by atoms with Gasteiger partial charge in [-0.15, -0.1) is 0 Å². The van der Waals surface area contributed by atoms with Crippen LogP contribution in [-0.4, -0.2) is 32.6 Å². The Hall–Kier alpha value is -0.350. The van der Waals surface area contributed by atoms with Crippen LogP contribution in [0.5, 0.6) is 0 Å². The second-order valence-electron chi connectivity index (χ2n) is 8.72. The van der Waals surface area contributed by atoms with Crippen LogP contribution in [0.1, 0.15) is 59.1 Å². The highest BCUT2D eigenvalue weighted by molar-refractivity contribution is 8.68. The van der Waals surface area contributed by atoms with Crippen molar-refractivity contribution in [2.75, 3.05) is 5.73 Å². The summed E-state index contributed by atoms with van der Waals surface area (Å²) in [5.74, 6) is 0.682. The fourth-order valence-electron chi connectivity index (χ4n) is 4.59. The summed E-state index contributed by atoms with van der Waals surface area (Å²) < 4.78 is 20.5. The van der Waals surface area contributed by atoms with Crippen molar-refractivity contribution in [1.29, 1.82) is 0 Å². The molecule has 1 aromatic rings. The minimum Gasteiger partial charge on any atom is -0.383 e. The second kappa shape index (κ2) is 9.49. The normalized spacial score (nSPS) is 39.6. The number of nitrogens with two attached hydrogens (primary N) is 1. The summed E-state index contributed by atoms with van der Waals surface area (Å²) in [5, 5.41) is 0. The Bertz CT molecular complexity index is 944. The monoisotopic (exact) mass is 505 g/mol. The lowest BCUT2D eigenvalue weighted by Crippen LogP contribution is -2.39. The van der Waals surface area contributed by atoms with Gasteiger partial charge in [0.15, 0.2) is 0 Å². The topological polar surface area (TPSA) is 88.6 Å². The number of nitrogens with zero attached hydrogens (tertiary/aromatic N) is 2. The van der Waals surface area contributed by atoms with Crippen LogP contribution in [0.4, 0.5) is 5.82 Å². The SMILES string of the molecule is C=C(C)[C@@H]1CC[C@]2(C)S[P@@](=S)(O[C@H]3C[C@H](n4ccc(N)nc4=O)O[C@@H]3CC)O[C@H]2C1.S. The maximum atomic E-state index is 12.2. The van der Waals surface area contributed by atoms with E-state index in [1.807, 2.05) is 6.92 Å². The first-order valence-electron chi connectivity index (χ1n) is 10.5. The largest absolute Gasteiger partial charge is 0.383 e. The molecule has 0 aromatic carbocycles. The fraction of sp³-hybridized carbons (Fsp3) is 0.700. The number of aromatic nitrogens is 2. The highest BCUT2D eigenvalue weighted by atomic mass is 32.9. The van der Waals surface area contributed by atoms with Gasteiger partial charge in [0.25, 0.3) is 0 Å². The first-order valence-corrected chi connectivity index (χ1v) is 14.5. The molecule has 3 heterocycles. The van der Waals surface area contributed by atoms with Crippen molar-refractivity contribution in [2.24, 2.45) is 5.92 Å². The summed E-state index contributed by atoms with van der Waals surface area (Å²) in [6.45, 7) is 10.5. The third kappa shape index (κ3) is 5.10. The lowest BCUT2D eigenvalue weighted by atomic mass is 9.77. The molecule has 7 atom stereocenters. The van der Waals surface area contributed by atoms with Gasteiger partial charge in [-0.25, -0.2) is 4.79 Å². The van der Waals surface area contributed by atoms with Crippen molar-refractivity contribution in [3.63, 3.8) is 0 Å². The maximum Gasteiger partial charge on any atom is 0.351 e. The molecule has 2 saturated heterocycles. The third-order valence-electron chi connectivity index (χ3n) is 6.45. The van der Waals surface area contributed by atoms with Gasteiger partial charge in [-0.1, -0.05) is 30.5 Å². The number of nitrogen functional groups attached to an aromatic ring is 1. The molecule has 1 aromatic heterocycles. The van der Waals surface area contributed by atoms with E-state index in [2.05, 4.69) is 25.4 Å². The molecule has 0 bridgehead atoms.